The van der Waals surface area contributed by atoms with Gasteiger partial charge in [0.2, 0.25) is 0 Å². The van der Waals surface area contributed by atoms with Crippen molar-refractivity contribution in [2.45, 2.75) is 26.9 Å². The van der Waals surface area contributed by atoms with Crippen molar-refractivity contribution in [2.75, 3.05) is 0 Å². The number of hydrogen-bond acceptors (Lipinski definition) is 6. The highest BCUT2D eigenvalue weighted by Gasteiger charge is 2.18. The third-order valence-electron chi connectivity index (χ3n) is 6.70. The highest BCUT2D eigenvalue weighted by Crippen LogP contribution is 2.22. The average molecular weight is 476 g/mol. The van der Waals surface area contributed by atoms with Crippen LogP contribution in [0.5, 0.6) is 0 Å². The van der Waals surface area contributed by atoms with Crippen LogP contribution in [0.25, 0.3) is 43.6 Å². The van der Waals surface area contributed by atoms with Crippen LogP contribution >= 0.6 is 0 Å². The third-order valence-corrected chi connectivity index (χ3v) is 6.70. The van der Waals surface area contributed by atoms with Crippen LogP contribution in [0.15, 0.2) is 85.4 Å². The van der Waals surface area contributed by atoms with Gasteiger partial charge in [0.15, 0.2) is 0 Å². The van der Waals surface area contributed by atoms with Gasteiger partial charge in [-0.15, -0.1) is 0 Å². The van der Waals surface area contributed by atoms with Crippen LogP contribution < -0.4 is 22.2 Å². The minimum absolute atomic E-state index is 0.173. The van der Waals surface area contributed by atoms with Gasteiger partial charge in [-0.3, -0.25) is 28.3 Å². The molecule has 0 N–H and O–H groups in total. The van der Waals surface area contributed by atoms with Gasteiger partial charge < -0.3 is 0 Å². The highest BCUT2D eigenvalue weighted by atomic mass is 16.2. The number of allylic oxidation sites excluding steroid dienone is 2. The summed E-state index contributed by atoms with van der Waals surface area (Å²) in [5.41, 5.74) is 1.99. The Morgan fingerprint density at radius 2 is 1.11 bits per heavy atom. The topological polar surface area (TPSA) is 104 Å². The number of fused-ring (bicyclic) bond motifs is 4. The Morgan fingerprint density at radius 1 is 0.694 bits per heavy atom. The Morgan fingerprint density at radius 3 is 1.53 bits per heavy atom. The van der Waals surface area contributed by atoms with Crippen molar-refractivity contribution in [3.8, 4) is 0 Å². The summed E-state index contributed by atoms with van der Waals surface area (Å²) >= 11 is 0. The molecule has 0 fully saturated rings. The van der Waals surface area contributed by atoms with Crippen LogP contribution in [0, 0.1) is 0 Å². The SMILES string of the molecule is C/C=C(\C)Cn1c(=O)c2cc3nc4cc5c(=O)n(Cc6ccccc6)c(=O)c5cc4nc3cc2c1=O. The summed E-state index contributed by atoms with van der Waals surface area (Å²) in [7, 11) is 0. The first-order chi connectivity index (χ1) is 17.4. The van der Waals surface area contributed by atoms with Gasteiger partial charge in [0.1, 0.15) is 0 Å². The first-order valence-corrected chi connectivity index (χ1v) is 11.5. The smallest absolute Gasteiger partial charge is 0.261 e. The molecular weight excluding hydrogens is 456 g/mol. The molecule has 0 atom stereocenters. The van der Waals surface area contributed by atoms with E-state index >= 15 is 0 Å². The molecule has 176 valence electrons. The summed E-state index contributed by atoms with van der Waals surface area (Å²) in [6.45, 7) is 4.11. The molecule has 6 rings (SSSR count). The quantitative estimate of drug-likeness (QED) is 0.286. The summed E-state index contributed by atoms with van der Waals surface area (Å²) in [5.74, 6) is 0. The highest BCUT2D eigenvalue weighted by molar-refractivity contribution is 6.01. The van der Waals surface area contributed by atoms with Crippen molar-refractivity contribution in [1.82, 2.24) is 19.1 Å². The van der Waals surface area contributed by atoms with Crippen molar-refractivity contribution in [3.05, 3.63) is 113 Å². The first-order valence-electron chi connectivity index (χ1n) is 11.5. The maximum Gasteiger partial charge on any atom is 0.261 e. The summed E-state index contributed by atoms with van der Waals surface area (Å²) in [6.07, 6.45) is 1.86. The largest absolute Gasteiger partial charge is 0.270 e. The van der Waals surface area contributed by atoms with Crippen molar-refractivity contribution in [1.29, 1.82) is 0 Å². The average Bonchev–Trinajstić information content (AvgIpc) is 3.25. The molecule has 36 heavy (non-hydrogen) atoms. The molecule has 0 saturated heterocycles. The molecule has 0 unspecified atom stereocenters. The number of rotatable bonds is 4. The second kappa shape index (κ2) is 7.91. The van der Waals surface area contributed by atoms with E-state index in [1.165, 1.54) is 9.13 Å². The fourth-order valence-electron chi connectivity index (χ4n) is 4.64. The number of benzene rings is 3. The Hall–Kier alpha value is -4.72. The van der Waals surface area contributed by atoms with Crippen LogP contribution in [-0.2, 0) is 13.1 Å². The number of nitrogens with zero attached hydrogens (tertiary/aromatic N) is 4. The lowest BCUT2D eigenvalue weighted by Gasteiger charge is -2.01. The number of hydrogen-bond donors (Lipinski definition) is 0. The van der Waals surface area contributed by atoms with Crippen molar-refractivity contribution in [3.63, 3.8) is 0 Å². The zero-order valence-corrected chi connectivity index (χ0v) is 19.6. The minimum Gasteiger partial charge on any atom is -0.270 e. The second-order valence-electron chi connectivity index (χ2n) is 9.01. The fourth-order valence-corrected chi connectivity index (χ4v) is 4.64. The van der Waals surface area contributed by atoms with Gasteiger partial charge in [0, 0.05) is 6.54 Å². The molecule has 3 aromatic heterocycles. The summed E-state index contributed by atoms with van der Waals surface area (Å²) in [5, 5.41) is 1.12. The van der Waals surface area contributed by atoms with Gasteiger partial charge >= 0.3 is 0 Å². The van der Waals surface area contributed by atoms with Gasteiger partial charge in [-0.2, -0.15) is 0 Å². The van der Waals surface area contributed by atoms with Crippen LogP contribution in [0.2, 0.25) is 0 Å². The van der Waals surface area contributed by atoms with Gasteiger partial charge in [-0.1, -0.05) is 42.0 Å². The van der Waals surface area contributed by atoms with E-state index in [1.54, 1.807) is 24.3 Å². The van der Waals surface area contributed by atoms with Crippen molar-refractivity contribution >= 4 is 43.6 Å². The standard InChI is InChI=1S/C28H20N4O4/c1-3-15(2)13-31-25(33)17-9-21-22(10-18(17)26(31)34)30-24-12-20-19(11-23(24)29-21)27(35)32(28(20)36)14-16-7-5-4-6-8-16/h3-12H,13-14H2,1-2H3/b15-3+. The van der Waals surface area contributed by atoms with E-state index in [9.17, 15) is 19.2 Å². The monoisotopic (exact) mass is 476 g/mol. The van der Waals surface area contributed by atoms with E-state index in [-0.39, 0.29) is 56.9 Å². The third kappa shape index (κ3) is 3.22. The summed E-state index contributed by atoms with van der Waals surface area (Å²) < 4.78 is 2.43. The van der Waals surface area contributed by atoms with Crippen LogP contribution in [0.1, 0.15) is 19.4 Å². The lowest BCUT2D eigenvalue weighted by atomic mass is 10.1. The molecule has 6 aromatic rings. The molecule has 0 spiro atoms. The van der Waals surface area contributed by atoms with Gasteiger partial charge in [0.25, 0.3) is 22.2 Å². The molecule has 0 radical (unpaired) electrons. The van der Waals surface area contributed by atoms with Gasteiger partial charge in [-0.05, 0) is 43.7 Å². The second-order valence-corrected chi connectivity index (χ2v) is 9.01. The predicted molar refractivity (Wildman–Crippen MR) is 140 cm³/mol. The molecule has 0 bridgehead atoms. The zero-order chi connectivity index (χ0) is 25.1. The Bertz CT molecular complexity index is 1980. The molecule has 3 aromatic carbocycles. The van der Waals surface area contributed by atoms with E-state index in [1.807, 2.05) is 50.3 Å². The number of aromatic nitrogens is 4. The molecule has 3 heterocycles. The predicted octanol–water partition coefficient (Wildman–Crippen LogP) is 3.02. The lowest BCUT2D eigenvalue weighted by Crippen LogP contribution is -2.25. The summed E-state index contributed by atoms with van der Waals surface area (Å²) in [4.78, 5) is 61.2. The Kier molecular flexibility index (Phi) is 4.79. The van der Waals surface area contributed by atoms with Gasteiger partial charge in [-0.25, -0.2) is 9.97 Å². The molecule has 0 aliphatic carbocycles. The molecule has 0 aliphatic heterocycles. The Labute approximate surface area is 203 Å². The normalized spacial score (nSPS) is 12.4. The maximum absolute atomic E-state index is 13.1. The summed E-state index contributed by atoms with van der Waals surface area (Å²) in [6, 6.07) is 15.6. The molecular formula is C28H20N4O4. The molecule has 0 aliphatic rings. The van der Waals surface area contributed by atoms with E-state index in [4.69, 9.17) is 0 Å². The van der Waals surface area contributed by atoms with Gasteiger partial charge in [0.05, 0.1) is 50.2 Å². The first kappa shape index (κ1) is 21.8. The molecule has 8 heteroatoms. The van der Waals surface area contributed by atoms with Crippen molar-refractivity contribution < 1.29 is 0 Å². The van der Waals surface area contributed by atoms with E-state index in [0.717, 1.165) is 11.1 Å². The van der Waals surface area contributed by atoms with Crippen LogP contribution in [0.3, 0.4) is 0 Å². The molecule has 0 saturated carbocycles. The van der Waals surface area contributed by atoms with Crippen LogP contribution in [-0.4, -0.2) is 19.1 Å². The maximum atomic E-state index is 13.1. The molecule has 8 nitrogen and oxygen atoms in total. The fraction of sp³-hybridized carbons (Fsp3) is 0.143. The molecule has 0 amide bonds. The van der Waals surface area contributed by atoms with Crippen LogP contribution in [0.4, 0.5) is 0 Å². The lowest BCUT2D eigenvalue weighted by molar-refractivity contribution is 0.741. The van der Waals surface area contributed by atoms with E-state index in [2.05, 4.69) is 9.97 Å². The van der Waals surface area contributed by atoms with E-state index < -0.39 is 0 Å². The zero-order valence-electron chi connectivity index (χ0n) is 19.6. The van der Waals surface area contributed by atoms with E-state index in [0.29, 0.717) is 22.1 Å². The minimum atomic E-state index is -0.382. The van der Waals surface area contributed by atoms with Crippen molar-refractivity contribution in [2.24, 2.45) is 0 Å². The Balaban J connectivity index is 1.57.